The number of aromatic nitrogens is 3. The van der Waals surface area contributed by atoms with Crippen molar-refractivity contribution in [2.45, 2.75) is 26.7 Å². The molecule has 74 valence electrons. The number of rotatable bonds is 4. The van der Waals surface area contributed by atoms with Crippen LogP contribution in [0.15, 0.2) is 0 Å². The highest BCUT2D eigenvalue weighted by Gasteiger charge is 2.09. The minimum absolute atomic E-state index is 0.264. The Hall–Kier alpha value is -0.940. The number of methoxy groups -OCH3 is 2. The van der Waals surface area contributed by atoms with Gasteiger partial charge < -0.3 is 9.47 Å². The molecule has 0 bridgehead atoms. The van der Waals surface area contributed by atoms with Gasteiger partial charge in [-0.05, 0) is 13.8 Å². The van der Waals surface area contributed by atoms with Gasteiger partial charge in [0.2, 0.25) is 0 Å². The predicted octanol–water partition coefficient (Wildman–Crippen LogP) is 0.514. The maximum Gasteiger partial charge on any atom is 0.176 e. The first-order valence-electron chi connectivity index (χ1n) is 4.11. The van der Waals surface area contributed by atoms with E-state index in [0.29, 0.717) is 6.54 Å². The summed E-state index contributed by atoms with van der Waals surface area (Å²) in [7, 11) is 3.21. The molecule has 0 spiro atoms. The van der Waals surface area contributed by atoms with Crippen LogP contribution in [0.25, 0.3) is 0 Å². The van der Waals surface area contributed by atoms with Crippen LogP contribution in [0.3, 0.4) is 0 Å². The molecule has 1 aromatic heterocycles. The Morgan fingerprint density at radius 2 is 1.92 bits per heavy atom. The Morgan fingerprint density at radius 1 is 1.31 bits per heavy atom. The van der Waals surface area contributed by atoms with Gasteiger partial charge in [0, 0.05) is 14.2 Å². The molecule has 1 rings (SSSR count). The third-order valence-corrected chi connectivity index (χ3v) is 1.81. The summed E-state index contributed by atoms with van der Waals surface area (Å²) < 4.78 is 11.9. The Bertz CT molecular complexity index is 268. The van der Waals surface area contributed by atoms with Crippen LogP contribution in [0.2, 0.25) is 0 Å². The van der Waals surface area contributed by atoms with Crippen LogP contribution in [0.4, 0.5) is 0 Å². The lowest BCUT2D eigenvalue weighted by molar-refractivity contribution is -0.112. The Balaban J connectivity index is 2.67. The number of hydrogen-bond acceptors (Lipinski definition) is 4. The van der Waals surface area contributed by atoms with E-state index in [2.05, 4.69) is 10.1 Å². The van der Waals surface area contributed by atoms with E-state index in [0.717, 1.165) is 11.6 Å². The third-order valence-electron chi connectivity index (χ3n) is 1.81. The third kappa shape index (κ3) is 2.50. The highest BCUT2D eigenvalue weighted by atomic mass is 16.7. The Kier molecular flexibility index (Phi) is 3.39. The summed E-state index contributed by atoms with van der Waals surface area (Å²) in [5, 5.41) is 4.19. The standard InChI is InChI=1S/C8H15N3O2/c1-6-9-7(2)11(10-6)5-8(12-3)13-4/h8H,5H2,1-4H3. The summed E-state index contributed by atoms with van der Waals surface area (Å²) in [6.07, 6.45) is -0.264. The van der Waals surface area contributed by atoms with Gasteiger partial charge in [-0.1, -0.05) is 0 Å². The fourth-order valence-corrected chi connectivity index (χ4v) is 1.12. The molecule has 1 heterocycles. The Labute approximate surface area is 77.7 Å². The molecule has 1 aromatic rings. The first kappa shape index (κ1) is 10.1. The quantitative estimate of drug-likeness (QED) is 0.641. The first-order chi connectivity index (χ1) is 6.17. The second-order valence-electron chi connectivity index (χ2n) is 2.79. The zero-order valence-corrected chi connectivity index (χ0v) is 8.44. The van der Waals surface area contributed by atoms with Crippen molar-refractivity contribution in [2.24, 2.45) is 0 Å². The molecule has 0 N–H and O–H groups in total. The fourth-order valence-electron chi connectivity index (χ4n) is 1.12. The number of nitrogens with zero attached hydrogens (tertiary/aromatic N) is 3. The smallest absolute Gasteiger partial charge is 0.176 e. The number of aryl methyl sites for hydroxylation is 2. The molecule has 0 aliphatic heterocycles. The maximum atomic E-state index is 5.06. The van der Waals surface area contributed by atoms with Gasteiger partial charge in [-0.15, -0.1) is 0 Å². The van der Waals surface area contributed by atoms with Crippen molar-refractivity contribution >= 4 is 0 Å². The van der Waals surface area contributed by atoms with Gasteiger partial charge in [-0.3, -0.25) is 0 Å². The summed E-state index contributed by atoms with van der Waals surface area (Å²) in [4.78, 5) is 4.17. The van der Waals surface area contributed by atoms with Gasteiger partial charge >= 0.3 is 0 Å². The molecule has 0 fully saturated rings. The summed E-state index contributed by atoms with van der Waals surface area (Å²) in [6.45, 7) is 4.33. The van der Waals surface area contributed by atoms with E-state index in [1.165, 1.54) is 0 Å². The number of ether oxygens (including phenoxy) is 2. The maximum absolute atomic E-state index is 5.06. The molecule has 5 nitrogen and oxygen atoms in total. The molecule has 5 heteroatoms. The zero-order valence-electron chi connectivity index (χ0n) is 8.44. The van der Waals surface area contributed by atoms with Gasteiger partial charge in [0.15, 0.2) is 6.29 Å². The van der Waals surface area contributed by atoms with Gasteiger partial charge in [0.1, 0.15) is 11.6 Å². The molecule has 0 aliphatic rings. The average molecular weight is 185 g/mol. The molecule has 0 aromatic carbocycles. The van der Waals surface area contributed by atoms with Gasteiger partial charge in [0.05, 0.1) is 6.54 Å². The van der Waals surface area contributed by atoms with Crippen molar-refractivity contribution in [2.75, 3.05) is 14.2 Å². The topological polar surface area (TPSA) is 49.2 Å². The van der Waals surface area contributed by atoms with Crippen molar-refractivity contribution in [3.05, 3.63) is 11.6 Å². The van der Waals surface area contributed by atoms with Crippen LogP contribution in [0, 0.1) is 13.8 Å². The minimum atomic E-state index is -0.264. The lowest BCUT2D eigenvalue weighted by atomic mass is 10.6. The zero-order chi connectivity index (χ0) is 9.84. The average Bonchev–Trinajstić information content (AvgIpc) is 2.41. The largest absolute Gasteiger partial charge is 0.354 e. The second kappa shape index (κ2) is 4.34. The van der Waals surface area contributed by atoms with E-state index >= 15 is 0 Å². The Morgan fingerprint density at radius 3 is 2.31 bits per heavy atom. The molecular formula is C8H15N3O2. The molecule has 0 atom stereocenters. The van der Waals surface area contributed by atoms with Gasteiger partial charge in [-0.2, -0.15) is 5.10 Å². The van der Waals surface area contributed by atoms with Crippen molar-refractivity contribution in [1.29, 1.82) is 0 Å². The van der Waals surface area contributed by atoms with E-state index in [1.54, 1.807) is 18.9 Å². The van der Waals surface area contributed by atoms with Crippen LogP contribution in [0.5, 0.6) is 0 Å². The lowest BCUT2D eigenvalue weighted by Crippen LogP contribution is -2.22. The molecular weight excluding hydrogens is 170 g/mol. The van der Waals surface area contributed by atoms with E-state index in [-0.39, 0.29) is 6.29 Å². The lowest BCUT2D eigenvalue weighted by Gasteiger charge is -2.13. The monoisotopic (exact) mass is 185 g/mol. The highest BCUT2D eigenvalue weighted by Crippen LogP contribution is 2.00. The normalized spacial score (nSPS) is 11.2. The van der Waals surface area contributed by atoms with Gasteiger partial charge in [0.25, 0.3) is 0 Å². The molecule has 13 heavy (non-hydrogen) atoms. The molecule has 0 saturated heterocycles. The van der Waals surface area contributed by atoms with Crippen LogP contribution < -0.4 is 0 Å². The van der Waals surface area contributed by atoms with Crippen LogP contribution in [0.1, 0.15) is 11.6 Å². The first-order valence-corrected chi connectivity index (χ1v) is 4.11. The summed E-state index contributed by atoms with van der Waals surface area (Å²) in [6, 6.07) is 0. The van der Waals surface area contributed by atoms with Crippen LogP contribution >= 0.6 is 0 Å². The summed E-state index contributed by atoms with van der Waals surface area (Å²) in [5.74, 6) is 1.64. The molecule has 0 aliphatic carbocycles. The van der Waals surface area contributed by atoms with Crippen molar-refractivity contribution in [3.63, 3.8) is 0 Å². The summed E-state index contributed by atoms with van der Waals surface area (Å²) in [5.41, 5.74) is 0. The minimum Gasteiger partial charge on any atom is -0.354 e. The van der Waals surface area contributed by atoms with Crippen molar-refractivity contribution < 1.29 is 9.47 Å². The molecule has 0 saturated carbocycles. The van der Waals surface area contributed by atoms with E-state index < -0.39 is 0 Å². The van der Waals surface area contributed by atoms with Crippen molar-refractivity contribution in [3.8, 4) is 0 Å². The second-order valence-corrected chi connectivity index (χ2v) is 2.79. The number of hydrogen-bond donors (Lipinski definition) is 0. The summed E-state index contributed by atoms with van der Waals surface area (Å²) >= 11 is 0. The fraction of sp³-hybridized carbons (Fsp3) is 0.750. The highest BCUT2D eigenvalue weighted by molar-refractivity contribution is 4.87. The van der Waals surface area contributed by atoms with Crippen molar-refractivity contribution in [1.82, 2.24) is 14.8 Å². The van der Waals surface area contributed by atoms with Crippen LogP contribution in [-0.4, -0.2) is 35.3 Å². The van der Waals surface area contributed by atoms with Crippen LogP contribution in [-0.2, 0) is 16.0 Å². The van der Waals surface area contributed by atoms with E-state index in [4.69, 9.17) is 9.47 Å². The predicted molar refractivity (Wildman–Crippen MR) is 47.3 cm³/mol. The molecule has 0 unspecified atom stereocenters. The SMILES string of the molecule is COC(Cn1nc(C)nc1C)OC. The molecule has 0 radical (unpaired) electrons. The van der Waals surface area contributed by atoms with E-state index in [1.807, 2.05) is 13.8 Å². The van der Waals surface area contributed by atoms with E-state index in [9.17, 15) is 0 Å². The molecule has 0 amide bonds. The van der Waals surface area contributed by atoms with Gasteiger partial charge in [-0.25, -0.2) is 9.67 Å².